The molecule has 17 heavy (non-hydrogen) atoms. The molecule has 0 saturated heterocycles. The molecule has 0 unspecified atom stereocenters. The SMILES string of the molecule is CC(=O)NCCNc1ncc(Cl)cc1[N+](=O)[O-]. The Morgan fingerprint density at radius 3 is 2.88 bits per heavy atom. The van der Waals surface area contributed by atoms with Gasteiger partial charge in [0.15, 0.2) is 0 Å². The van der Waals surface area contributed by atoms with Crippen LogP contribution < -0.4 is 10.6 Å². The van der Waals surface area contributed by atoms with Gasteiger partial charge in [-0.05, 0) is 0 Å². The van der Waals surface area contributed by atoms with Crippen LogP contribution in [0.2, 0.25) is 5.02 Å². The van der Waals surface area contributed by atoms with Gasteiger partial charge in [-0.2, -0.15) is 0 Å². The number of nitro groups is 1. The Kier molecular flexibility index (Phi) is 4.65. The number of rotatable bonds is 5. The molecule has 1 heterocycles. The van der Waals surface area contributed by atoms with E-state index < -0.39 is 4.92 Å². The van der Waals surface area contributed by atoms with Crippen LogP contribution in [-0.2, 0) is 4.79 Å². The second-order valence-electron chi connectivity index (χ2n) is 3.19. The van der Waals surface area contributed by atoms with Crippen molar-refractivity contribution in [3.8, 4) is 0 Å². The lowest BCUT2D eigenvalue weighted by Gasteiger charge is -2.06. The molecule has 0 bridgehead atoms. The third-order valence-corrected chi connectivity index (χ3v) is 2.03. The summed E-state index contributed by atoms with van der Waals surface area (Å²) in [6.07, 6.45) is 1.31. The van der Waals surface area contributed by atoms with E-state index in [0.717, 1.165) is 0 Å². The fourth-order valence-corrected chi connectivity index (χ4v) is 1.28. The number of nitrogens with one attached hydrogen (secondary N) is 2. The molecule has 0 aliphatic rings. The van der Waals surface area contributed by atoms with Gasteiger partial charge in [-0.25, -0.2) is 4.98 Å². The topological polar surface area (TPSA) is 97.2 Å². The van der Waals surface area contributed by atoms with Crippen LogP contribution in [0.3, 0.4) is 0 Å². The smallest absolute Gasteiger partial charge is 0.312 e. The minimum Gasteiger partial charge on any atom is -0.363 e. The van der Waals surface area contributed by atoms with Crippen molar-refractivity contribution in [2.45, 2.75) is 6.92 Å². The molecule has 2 N–H and O–H groups in total. The summed E-state index contributed by atoms with van der Waals surface area (Å²) in [6.45, 7) is 2.09. The Morgan fingerprint density at radius 2 is 2.29 bits per heavy atom. The van der Waals surface area contributed by atoms with Gasteiger partial charge in [-0.3, -0.25) is 14.9 Å². The van der Waals surface area contributed by atoms with E-state index in [2.05, 4.69) is 15.6 Å². The van der Waals surface area contributed by atoms with Crippen LogP contribution in [0.15, 0.2) is 12.3 Å². The predicted molar refractivity (Wildman–Crippen MR) is 63.1 cm³/mol. The highest BCUT2D eigenvalue weighted by molar-refractivity contribution is 6.30. The first-order valence-corrected chi connectivity index (χ1v) is 5.16. The molecule has 0 spiro atoms. The summed E-state index contributed by atoms with van der Waals surface area (Å²) in [5.41, 5.74) is -0.194. The van der Waals surface area contributed by atoms with Gasteiger partial charge in [-0.1, -0.05) is 11.6 Å². The fraction of sp³-hybridized carbons (Fsp3) is 0.333. The fourth-order valence-electron chi connectivity index (χ4n) is 1.12. The van der Waals surface area contributed by atoms with E-state index in [-0.39, 0.29) is 22.4 Å². The highest BCUT2D eigenvalue weighted by atomic mass is 35.5. The Hall–Kier alpha value is -1.89. The third-order valence-electron chi connectivity index (χ3n) is 1.82. The summed E-state index contributed by atoms with van der Waals surface area (Å²) < 4.78 is 0. The first-order valence-electron chi connectivity index (χ1n) is 4.79. The summed E-state index contributed by atoms with van der Waals surface area (Å²) in [4.78, 5) is 24.6. The number of hydrogen-bond acceptors (Lipinski definition) is 5. The maximum absolute atomic E-state index is 10.7. The number of halogens is 1. The summed E-state index contributed by atoms with van der Waals surface area (Å²) in [5.74, 6) is -0.0323. The normalized spacial score (nSPS) is 9.76. The van der Waals surface area contributed by atoms with Crippen LogP contribution in [0.25, 0.3) is 0 Å². The average molecular weight is 259 g/mol. The number of carbonyl (C=O) groups excluding carboxylic acids is 1. The third kappa shape index (κ3) is 4.23. The van der Waals surface area contributed by atoms with E-state index >= 15 is 0 Å². The number of pyridine rings is 1. The first kappa shape index (κ1) is 13.2. The van der Waals surface area contributed by atoms with Gasteiger partial charge >= 0.3 is 5.69 Å². The van der Waals surface area contributed by atoms with Crippen molar-refractivity contribution in [1.29, 1.82) is 0 Å². The minimum atomic E-state index is -0.570. The average Bonchev–Trinajstić information content (AvgIpc) is 2.25. The van der Waals surface area contributed by atoms with Crippen molar-refractivity contribution < 1.29 is 9.72 Å². The first-order chi connectivity index (χ1) is 8.00. The van der Waals surface area contributed by atoms with Gasteiger partial charge in [0.1, 0.15) is 0 Å². The molecule has 7 nitrogen and oxygen atoms in total. The zero-order chi connectivity index (χ0) is 12.8. The standard InChI is InChI=1S/C9H11ClN4O3/c1-6(15)11-2-3-12-9-8(14(16)17)4-7(10)5-13-9/h4-5H,2-3H2,1H3,(H,11,15)(H,12,13). The molecule has 0 radical (unpaired) electrons. The molecule has 1 aromatic rings. The van der Waals surface area contributed by atoms with E-state index in [0.29, 0.717) is 13.1 Å². The number of anilines is 1. The molecule has 0 fully saturated rings. The Bertz CT molecular complexity index is 438. The van der Waals surface area contributed by atoms with Gasteiger partial charge in [0.2, 0.25) is 11.7 Å². The second kappa shape index (κ2) is 6.00. The maximum Gasteiger partial charge on any atom is 0.312 e. The van der Waals surface area contributed by atoms with Crippen LogP contribution in [0.5, 0.6) is 0 Å². The minimum absolute atomic E-state index is 0.129. The molecule has 8 heteroatoms. The van der Waals surface area contributed by atoms with Crippen LogP contribution >= 0.6 is 11.6 Å². The summed E-state index contributed by atoms with van der Waals surface area (Å²) in [5, 5.41) is 16.2. The summed E-state index contributed by atoms with van der Waals surface area (Å²) >= 11 is 5.61. The molecule has 0 aliphatic carbocycles. The zero-order valence-electron chi connectivity index (χ0n) is 9.07. The van der Waals surface area contributed by atoms with Crippen molar-refractivity contribution in [1.82, 2.24) is 10.3 Å². The molecule has 0 aromatic carbocycles. The summed E-state index contributed by atoms with van der Waals surface area (Å²) in [7, 11) is 0. The van der Waals surface area contributed by atoms with Crippen LogP contribution in [0.4, 0.5) is 11.5 Å². The van der Waals surface area contributed by atoms with E-state index in [1.165, 1.54) is 19.2 Å². The molecular formula is C9H11ClN4O3. The molecule has 1 aromatic heterocycles. The quantitative estimate of drug-likeness (QED) is 0.470. The molecule has 0 aliphatic heterocycles. The molecular weight excluding hydrogens is 248 g/mol. The van der Waals surface area contributed by atoms with E-state index in [4.69, 9.17) is 11.6 Å². The number of amides is 1. The maximum atomic E-state index is 10.7. The number of hydrogen-bond donors (Lipinski definition) is 2. The zero-order valence-corrected chi connectivity index (χ0v) is 9.82. The predicted octanol–water partition coefficient (Wildman–Crippen LogP) is 1.19. The Balaban J connectivity index is 2.64. The van der Waals surface area contributed by atoms with Crippen molar-refractivity contribution in [2.75, 3.05) is 18.4 Å². The van der Waals surface area contributed by atoms with Crippen LogP contribution in [0.1, 0.15) is 6.92 Å². The second-order valence-corrected chi connectivity index (χ2v) is 3.62. The molecule has 92 valence electrons. The van der Waals surface area contributed by atoms with Crippen molar-refractivity contribution in [2.24, 2.45) is 0 Å². The lowest BCUT2D eigenvalue weighted by molar-refractivity contribution is -0.384. The Morgan fingerprint density at radius 1 is 1.59 bits per heavy atom. The lowest BCUT2D eigenvalue weighted by Crippen LogP contribution is -2.26. The monoisotopic (exact) mass is 258 g/mol. The van der Waals surface area contributed by atoms with Gasteiger partial charge in [0, 0.05) is 32.3 Å². The Labute approximate surface area is 102 Å². The van der Waals surface area contributed by atoms with E-state index in [9.17, 15) is 14.9 Å². The van der Waals surface area contributed by atoms with E-state index in [1.54, 1.807) is 0 Å². The molecule has 1 rings (SSSR count). The molecule has 1 amide bonds. The van der Waals surface area contributed by atoms with Gasteiger partial charge in [0.05, 0.1) is 9.95 Å². The number of nitrogens with zero attached hydrogens (tertiary/aromatic N) is 2. The highest BCUT2D eigenvalue weighted by Crippen LogP contribution is 2.24. The highest BCUT2D eigenvalue weighted by Gasteiger charge is 2.15. The largest absolute Gasteiger partial charge is 0.363 e. The van der Waals surface area contributed by atoms with Gasteiger partial charge in [-0.15, -0.1) is 0 Å². The summed E-state index contributed by atoms with van der Waals surface area (Å²) in [6, 6.07) is 1.22. The van der Waals surface area contributed by atoms with Crippen molar-refractivity contribution >= 4 is 29.0 Å². The van der Waals surface area contributed by atoms with Crippen molar-refractivity contribution in [3.05, 3.63) is 27.4 Å². The number of aromatic nitrogens is 1. The number of carbonyl (C=O) groups is 1. The van der Waals surface area contributed by atoms with Crippen LogP contribution in [-0.4, -0.2) is 28.9 Å². The van der Waals surface area contributed by atoms with Gasteiger partial charge < -0.3 is 10.6 Å². The van der Waals surface area contributed by atoms with Crippen molar-refractivity contribution in [3.63, 3.8) is 0 Å². The van der Waals surface area contributed by atoms with Crippen LogP contribution in [0, 0.1) is 10.1 Å². The lowest BCUT2D eigenvalue weighted by atomic mass is 10.4. The molecule has 0 saturated carbocycles. The van der Waals surface area contributed by atoms with Gasteiger partial charge in [0.25, 0.3) is 0 Å². The molecule has 0 atom stereocenters. The van der Waals surface area contributed by atoms with E-state index in [1.807, 2.05) is 0 Å².